The maximum atomic E-state index is 10.4. The number of nitrogen functional groups attached to an aromatic ring is 1. The molecule has 94 valence electrons. The summed E-state index contributed by atoms with van der Waals surface area (Å²) in [5, 5.41) is 15.4. The van der Waals surface area contributed by atoms with Gasteiger partial charge in [0.15, 0.2) is 0 Å². The number of aromatic nitrogens is 2. The van der Waals surface area contributed by atoms with Gasteiger partial charge in [0.2, 0.25) is 0 Å². The van der Waals surface area contributed by atoms with Crippen LogP contribution < -0.4 is 11.1 Å². The van der Waals surface area contributed by atoms with E-state index in [9.17, 15) is 4.79 Å². The summed E-state index contributed by atoms with van der Waals surface area (Å²) in [6.45, 7) is 0.196. The van der Waals surface area contributed by atoms with E-state index in [-0.39, 0.29) is 6.54 Å². The van der Waals surface area contributed by atoms with Gasteiger partial charge in [0, 0.05) is 24.0 Å². The largest absolute Gasteiger partial charge is 0.465 e. The summed E-state index contributed by atoms with van der Waals surface area (Å²) in [7, 11) is 0. The molecule has 1 aromatic heterocycles. The minimum Gasteiger partial charge on any atom is -0.465 e. The zero-order valence-electron chi connectivity index (χ0n) is 9.30. The summed E-state index contributed by atoms with van der Waals surface area (Å²) in [5.74, 6) is 0. The summed E-state index contributed by atoms with van der Waals surface area (Å²) >= 11 is 6.05. The van der Waals surface area contributed by atoms with Gasteiger partial charge in [-0.2, -0.15) is 5.10 Å². The van der Waals surface area contributed by atoms with Crippen LogP contribution in [0.4, 0.5) is 10.5 Å². The van der Waals surface area contributed by atoms with Crippen LogP contribution in [-0.2, 0) is 6.54 Å². The summed E-state index contributed by atoms with van der Waals surface area (Å²) in [6.07, 6.45) is 2.20. The lowest BCUT2D eigenvalue weighted by Crippen LogP contribution is -2.19. The molecule has 2 aromatic rings. The Morgan fingerprint density at radius 2 is 2.33 bits per heavy atom. The Labute approximate surface area is 108 Å². The number of hydrogen-bond acceptors (Lipinski definition) is 3. The zero-order chi connectivity index (χ0) is 13.1. The number of nitrogens with zero attached hydrogens (tertiary/aromatic N) is 2. The number of nitrogens with two attached hydrogens (primary N) is 1. The molecular formula is C11H11ClN4O2. The second-order valence-electron chi connectivity index (χ2n) is 3.66. The molecule has 0 aliphatic carbocycles. The van der Waals surface area contributed by atoms with Crippen molar-refractivity contribution in [3.8, 4) is 5.69 Å². The van der Waals surface area contributed by atoms with Crippen LogP contribution in [0.2, 0.25) is 5.02 Å². The Balaban J connectivity index is 2.21. The second kappa shape index (κ2) is 4.97. The SMILES string of the molecule is Nc1ccc(-n2cc(CNC(=O)O)cn2)c(Cl)c1. The number of carbonyl (C=O) groups is 1. The molecule has 0 bridgehead atoms. The molecule has 1 heterocycles. The van der Waals surface area contributed by atoms with Gasteiger partial charge in [-0.1, -0.05) is 11.6 Å². The molecule has 0 atom stereocenters. The van der Waals surface area contributed by atoms with Crippen molar-refractivity contribution in [3.05, 3.63) is 41.2 Å². The van der Waals surface area contributed by atoms with Crippen LogP contribution in [0.1, 0.15) is 5.56 Å². The predicted molar refractivity (Wildman–Crippen MR) is 67.9 cm³/mol. The molecule has 0 saturated carbocycles. The number of halogens is 1. The molecule has 0 saturated heterocycles. The normalized spacial score (nSPS) is 10.3. The van der Waals surface area contributed by atoms with Crippen LogP contribution in [0.15, 0.2) is 30.6 Å². The number of nitrogens with one attached hydrogen (secondary N) is 1. The van der Waals surface area contributed by atoms with Crippen molar-refractivity contribution >= 4 is 23.4 Å². The van der Waals surface area contributed by atoms with E-state index in [1.54, 1.807) is 35.3 Å². The number of anilines is 1. The average Bonchev–Trinajstić information content (AvgIpc) is 2.75. The number of carboxylic acid groups (broad SMARTS) is 1. The zero-order valence-corrected chi connectivity index (χ0v) is 10.1. The van der Waals surface area contributed by atoms with Crippen LogP contribution in [-0.4, -0.2) is 21.0 Å². The molecule has 2 rings (SSSR count). The fourth-order valence-corrected chi connectivity index (χ4v) is 1.75. The van der Waals surface area contributed by atoms with Crippen molar-refractivity contribution < 1.29 is 9.90 Å². The first kappa shape index (κ1) is 12.3. The number of rotatable bonds is 3. The Morgan fingerprint density at radius 1 is 1.56 bits per heavy atom. The van der Waals surface area contributed by atoms with Gasteiger partial charge >= 0.3 is 6.09 Å². The molecule has 0 spiro atoms. The first-order valence-corrected chi connectivity index (χ1v) is 5.50. The number of benzene rings is 1. The van der Waals surface area contributed by atoms with Crippen LogP contribution in [0.5, 0.6) is 0 Å². The van der Waals surface area contributed by atoms with Gasteiger partial charge in [0.1, 0.15) is 0 Å². The van der Waals surface area contributed by atoms with E-state index in [2.05, 4.69) is 10.4 Å². The lowest BCUT2D eigenvalue weighted by molar-refractivity contribution is 0.194. The topological polar surface area (TPSA) is 93.2 Å². The lowest BCUT2D eigenvalue weighted by Gasteiger charge is -2.04. The molecule has 6 nitrogen and oxygen atoms in total. The van der Waals surface area contributed by atoms with Crippen molar-refractivity contribution in [3.63, 3.8) is 0 Å². The predicted octanol–water partition coefficient (Wildman–Crippen LogP) is 1.88. The molecule has 0 aliphatic rings. The third-order valence-electron chi connectivity index (χ3n) is 2.30. The van der Waals surface area contributed by atoms with E-state index in [1.165, 1.54) is 0 Å². The summed E-state index contributed by atoms with van der Waals surface area (Å²) < 4.78 is 1.57. The van der Waals surface area contributed by atoms with Gasteiger partial charge < -0.3 is 16.2 Å². The fourth-order valence-electron chi connectivity index (χ4n) is 1.47. The highest BCUT2D eigenvalue weighted by Gasteiger charge is 2.06. The van der Waals surface area contributed by atoms with Gasteiger partial charge in [0.05, 0.1) is 16.9 Å². The van der Waals surface area contributed by atoms with Crippen molar-refractivity contribution in [1.29, 1.82) is 0 Å². The first-order valence-electron chi connectivity index (χ1n) is 5.12. The Kier molecular flexibility index (Phi) is 3.38. The smallest absolute Gasteiger partial charge is 0.404 e. The molecule has 0 radical (unpaired) electrons. The molecule has 1 amide bonds. The van der Waals surface area contributed by atoms with Crippen molar-refractivity contribution in [2.45, 2.75) is 6.54 Å². The van der Waals surface area contributed by atoms with Crippen LogP contribution in [0, 0.1) is 0 Å². The quantitative estimate of drug-likeness (QED) is 0.740. The molecule has 1 aromatic carbocycles. The van der Waals surface area contributed by atoms with Crippen LogP contribution >= 0.6 is 11.6 Å². The molecular weight excluding hydrogens is 256 g/mol. The Morgan fingerprint density at radius 3 is 3.00 bits per heavy atom. The third-order valence-corrected chi connectivity index (χ3v) is 2.60. The number of hydrogen-bond donors (Lipinski definition) is 3. The highest BCUT2D eigenvalue weighted by molar-refractivity contribution is 6.32. The molecule has 0 unspecified atom stereocenters. The first-order chi connectivity index (χ1) is 8.56. The molecule has 4 N–H and O–H groups in total. The maximum absolute atomic E-state index is 10.4. The lowest BCUT2D eigenvalue weighted by atomic mass is 10.3. The number of amides is 1. The summed E-state index contributed by atoms with van der Waals surface area (Å²) in [4.78, 5) is 10.4. The van der Waals surface area contributed by atoms with Gasteiger partial charge in [-0.05, 0) is 18.2 Å². The Bertz CT molecular complexity index is 582. The van der Waals surface area contributed by atoms with E-state index in [4.69, 9.17) is 22.4 Å². The minimum absolute atomic E-state index is 0.196. The van der Waals surface area contributed by atoms with Crippen LogP contribution in [0.3, 0.4) is 0 Å². The molecule has 0 aliphatic heterocycles. The highest BCUT2D eigenvalue weighted by Crippen LogP contribution is 2.22. The van der Waals surface area contributed by atoms with Gasteiger partial charge in [-0.25, -0.2) is 9.48 Å². The van der Waals surface area contributed by atoms with Crippen molar-refractivity contribution in [1.82, 2.24) is 15.1 Å². The molecule has 18 heavy (non-hydrogen) atoms. The molecule has 0 fully saturated rings. The average molecular weight is 267 g/mol. The highest BCUT2D eigenvalue weighted by atomic mass is 35.5. The van der Waals surface area contributed by atoms with Gasteiger partial charge in [-0.15, -0.1) is 0 Å². The van der Waals surface area contributed by atoms with Crippen molar-refractivity contribution in [2.75, 3.05) is 5.73 Å². The summed E-state index contributed by atoms with van der Waals surface area (Å²) in [6, 6.07) is 5.10. The van der Waals surface area contributed by atoms with E-state index in [0.29, 0.717) is 16.4 Å². The van der Waals surface area contributed by atoms with E-state index < -0.39 is 6.09 Å². The fraction of sp³-hybridized carbons (Fsp3) is 0.0909. The summed E-state index contributed by atoms with van der Waals surface area (Å²) in [5.41, 5.74) is 7.60. The van der Waals surface area contributed by atoms with E-state index in [0.717, 1.165) is 5.56 Å². The van der Waals surface area contributed by atoms with E-state index in [1.807, 2.05) is 0 Å². The third kappa shape index (κ3) is 2.72. The van der Waals surface area contributed by atoms with Crippen LogP contribution in [0.25, 0.3) is 5.69 Å². The Hall–Kier alpha value is -2.21. The van der Waals surface area contributed by atoms with Crippen molar-refractivity contribution in [2.24, 2.45) is 0 Å². The van der Waals surface area contributed by atoms with Gasteiger partial charge in [-0.3, -0.25) is 0 Å². The minimum atomic E-state index is -1.08. The van der Waals surface area contributed by atoms with Gasteiger partial charge in [0.25, 0.3) is 0 Å². The standard InChI is InChI=1S/C11H11ClN4O2/c12-9-3-8(13)1-2-10(9)16-6-7(5-15-16)4-14-11(17)18/h1-3,5-6,14H,4,13H2,(H,17,18). The molecule has 7 heteroatoms. The monoisotopic (exact) mass is 266 g/mol. The van der Waals surface area contributed by atoms with E-state index >= 15 is 0 Å². The second-order valence-corrected chi connectivity index (χ2v) is 4.07. The maximum Gasteiger partial charge on any atom is 0.404 e.